The Bertz CT molecular complexity index is 533. The van der Waals surface area contributed by atoms with Gasteiger partial charge in [-0.25, -0.2) is 0 Å². The number of hydrogen-bond donors (Lipinski definition) is 1. The predicted octanol–water partition coefficient (Wildman–Crippen LogP) is 2.01. The summed E-state index contributed by atoms with van der Waals surface area (Å²) in [6.07, 6.45) is 2.14. The standard InChI is InChI=1S/C15H16ClNO3/c16-14(19)15-7-6-11(17-15)8-12(15)13(18)20-9-10-4-2-1-3-5-10/h1-5,11-12,17H,6-9H2. The minimum atomic E-state index is -0.903. The van der Waals surface area contributed by atoms with Crippen LogP contribution >= 0.6 is 11.6 Å². The lowest BCUT2D eigenvalue weighted by molar-refractivity contribution is -0.153. The fraction of sp³-hybridized carbons (Fsp3) is 0.467. The van der Waals surface area contributed by atoms with Gasteiger partial charge in [-0.2, -0.15) is 0 Å². The van der Waals surface area contributed by atoms with E-state index in [1.165, 1.54) is 0 Å². The van der Waals surface area contributed by atoms with Crippen molar-refractivity contribution < 1.29 is 14.3 Å². The van der Waals surface area contributed by atoms with Crippen molar-refractivity contribution in [2.75, 3.05) is 0 Å². The first-order valence-corrected chi connectivity index (χ1v) is 7.18. The Morgan fingerprint density at radius 1 is 1.35 bits per heavy atom. The zero-order valence-corrected chi connectivity index (χ0v) is 11.7. The molecule has 2 fully saturated rings. The van der Waals surface area contributed by atoms with Crippen LogP contribution in [-0.4, -0.2) is 22.8 Å². The number of fused-ring (bicyclic) bond motifs is 2. The highest BCUT2D eigenvalue weighted by atomic mass is 35.5. The summed E-state index contributed by atoms with van der Waals surface area (Å²) in [5.41, 5.74) is 0.0307. The van der Waals surface area contributed by atoms with Gasteiger partial charge in [0, 0.05) is 6.04 Å². The van der Waals surface area contributed by atoms with Crippen LogP contribution in [0.2, 0.25) is 0 Å². The average Bonchev–Trinajstić information content (AvgIpc) is 3.05. The van der Waals surface area contributed by atoms with Crippen molar-refractivity contribution in [3.8, 4) is 0 Å². The predicted molar refractivity (Wildman–Crippen MR) is 74.1 cm³/mol. The van der Waals surface area contributed by atoms with Gasteiger partial charge in [-0.05, 0) is 36.4 Å². The van der Waals surface area contributed by atoms with Gasteiger partial charge in [-0.15, -0.1) is 0 Å². The molecule has 106 valence electrons. The second-order valence-corrected chi connectivity index (χ2v) is 5.85. The molecule has 3 atom stereocenters. The second kappa shape index (κ2) is 5.19. The molecule has 0 aliphatic carbocycles. The van der Waals surface area contributed by atoms with Crippen molar-refractivity contribution in [1.29, 1.82) is 0 Å². The van der Waals surface area contributed by atoms with Crippen molar-refractivity contribution in [1.82, 2.24) is 5.32 Å². The van der Waals surface area contributed by atoms with Crippen LogP contribution in [-0.2, 0) is 20.9 Å². The van der Waals surface area contributed by atoms with Crippen molar-refractivity contribution in [3.63, 3.8) is 0 Å². The van der Waals surface area contributed by atoms with Crippen LogP contribution in [0.5, 0.6) is 0 Å². The summed E-state index contributed by atoms with van der Waals surface area (Å²) in [7, 11) is 0. The van der Waals surface area contributed by atoms with Gasteiger partial charge in [0.25, 0.3) is 0 Å². The van der Waals surface area contributed by atoms with E-state index in [1.807, 2.05) is 30.3 Å². The molecule has 0 saturated carbocycles. The third-order valence-corrected chi connectivity index (χ3v) is 4.66. The Morgan fingerprint density at radius 3 is 2.75 bits per heavy atom. The number of carbonyl (C=O) groups excluding carboxylic acids is 2. The highest BCUT2D eigenvalue weighted by molar-refractivity contribution is 6.66. The lowest BCUT2D eigenvalue weighted by atomic mass is 9.79. The number of hydrogen-bond acceptors (Lipinski definition) is 4. The summed E-state index contributed by atoms with van der Waals surface area (Å²) in [5, 5.41) is 2.71. The van der Waals surface area contributed by atoms with Crippen LogP contribution in [0.3, 0.4) is 0 Å². The first-order chi connectivity index (χ1) is 9.62. The number of benzene rings is 1. The van der Waals surface area contributed by atoms with Crippen molar-refractivity contribution >= 4 is 22.8 Å². The topological polar surface area (TPSA) is 55.4 Å². The molecular weight excluding hydrogens is 278 g/mol. The number of nitrogens with one attached hydrogen (secondary N) is 1. The molecule has 1 aromatic rings. The number of carbonyl (C=O) groups is 2. The molecule has 0 spiro atoms. The van der Waals surface area contributed by atoms with Crippen LogP contribution in [0.4, 0.5) is 0 Å². The van der Waals surface area contributed by atoms with Gasteiger partial charge in [0.1, 0.15) is 12.1 Å². The molecule has 5 heteroatoms. The van der Waals surface area contributed by atoms with Gasteiger partial charge in [0.2, 0.25) is 5.24 Å². The molecule has 1 aromatic carbocycles. The third kappa shape index (κ3) is 2.23. The monoisotopic (exact) mass is 293 g/mol. The molecule has 2 heterocycles. The third-order valence-electron chi connectivity index (χ3n) is 4.32. The summed E-state index contributed by atoms with van der Waals surface area (Å²) < 4.78 is 5.35. The molecule has 2 aliphatic rings. The molecule has 4 nitrogen and oxygen atoms in total. The molecule has 2 aliphatic heterocycles. The van der Waals surface area contributed by atoms with Gasteiger partial charge in [0.05, 0.1) is 5.92 Å². The van der Waals surface area contributed by atoms with E-state index in [0.717, 1.165) is 12.0 Å². The van der Waals surface area contributed by atoms with E-state index in [1.54, 1.807) is 0 Å². The van der Waals surface area contributed by atoms with Crippen LogP contribution in [0.25, 0.3) is 0 Å². The molecule has 3 rings (SSSR count). The maximum atomic E-state index is 12.2. The smallest absolute Gasteiger partial charge is 0.311 e. The molecule has 1 N–H and O–H groups in total. The largest absolute Gasteiger partial charge is 0.461 e. The minimum absolute atomic E-state index is 0.201. The number of ether oxygens (including phenoxy) is 1. The fourth-order valence-corrected chi connectivity index (χ4v) is 3.55. The summed E-state index contributed by atoms with van der Waals surface area (Å²) in [6, 6.07) is 9.69. The molecule has 2 saturated heterocycles. The summed E-state index contributed by atoms with van der Waals surface area (Å²) in [4.78, 5) is 24.0. The SMILES string of the molecule is O=C(OCc1ccccc1)C1CC2CCC1(C(=O)Cl)N2. The van der Waals surface area contributed by atoms with Gasteiger partial charge in [0.15, 0.2) is 0 Å². The van der Waals surface area contributed by atoms with E-state index in [-0.39, 0.29) is 18.6 Å². The van der Waals surface area contributed by atoms with Crippen molar-refractivity contribution in [2.45, 2.75) is 37.5 Å². The van der Waals surface area contributed by atoms with E-state index < -0.39 is 16.7 Å². The number of esters is 1. The zero-order chi connectivity index (χ0) is 14.2. The van der Waals surface area contributed by atoms with E-state index in [2.05, 4.69) is 5.32 Å². The summed E-state index contributed by atoms with van der Waals surface area (Å²) in [5.74, 6) is -0.799. The van der Waals surface area contributed by atoms with E-state index in [4.69, 9.17) is 16.3 Å². The molecule has 0 radical (unpaired) electrons. The molecular formula is C15H16ClNO3. The summed E-state index contributed by atoms with van der Waals surface area (Å²) in [6.45, 7) is 0.230. The molecule has 2 bridgehead atoms. The normalized spacial score (nSPS) is 31.2. The maximum Gasteiger partial charge on any atom is 0.311 e. The van der Waals surface area contributed by atoms with Crippen molar-refractivity contribution in [2.24, 2.45) is 5.92 Å². The van der Waals surface area contributed by atoms with E-state index >= 15 is 0 Å². The molecule has 3 unspecified atom stereocenters. The van der Waals surface area contributed by atoms with Crippen LogP contribution < -0.4 is 5.32 Å². The Labute approximate surface area is 122 Å². The highest BCUT2D eigenvalue weighted by Crippen LogP contribution is 2.44. The Kier molecular flexibility index (Phi) is 3.52. The van der Waals surface area contributed by atoms with E-state index in [0.29, 0.717) is 12.8 Å². The molecule has 0 amide bonds. The number of rotatable bonds is 4. The first kappa shape index (κ1) is 13.6. The number of halogens is 1. The van der Waals surface area contributed by atoms with E-state index in [9.17, 15) is 9.59 Å². The van der Waals surface area contributed by atoms with Crippen LogP contribution in [0.15, 0.2) is 30.3 Å². The van der Waals surface area contributed by atoms with Gasteiger partial charge < -0.3 is 10.1 Å². The fourth-order valence-electron chi connectivity index (χ4n) is 3.27. The average molecular weight is 294 g/mol. The molecule has 20 heavy (non-hydrogen) atoms. The lowest BCUT2D eigenvalue weighted by Gasteiger charge is -2.28. The lowest BCUT2D eigenvalue weighted by Crippen LogP contribution is -2.50. The summed E-state index contributed by atoms with van der Waals surface area (Å²) >= 11 is 5.71. The quantitative estimate of drug-likeness (QED) is 0.681. The van der Waals surface area contributed by atoms with Gasteiger partial charge in [-0.3, -0.25) is 9.59 Å². The van der Waals surface area contributed by atoms with Crippen LogP contribution in [0, 0.1) is 5.92 Å². The second-order valence-electron chi connectivity index (χ2n) is 5.51. The first-order valence-electron chi connectivity index (χ1n) is 6.80. The Balaban J connectivity index is 1.67. The van der Waals surface area contributed by atoms with Gasteiger partial charge in [-0.1, -0.05) is 30.3 Å². The minimum Gasteiger partial charge on any atom is -0.461 e. The zero-order valence-electron chi connectivity index (χ0n) is 11.0. The molecule has 0 aromatic heterocycles. The highest BCUT2D eigenvalue weighted by Gasteiger charge is 2.59. The Morgan fingerprint density at radius 2 is 2.10 bits per heavy atom. The van der Waals surface area contributed by atoms with Crippen LogP contribution in [0.1, 0.15) is 24.8 Å². The van der Waals surface area contributed by atoms with Crippen molar-refractivity contribution in [3.05, 3.63) is 35.9 Å². The Hall–Kier alpha value is -1.39. The van der Waals surface area contributed by atoms with Gasteiger partial charge >= 0.3 is 5.97 Å². The maximum absolute atomic E-state index is 12.2.